The number of methoxy groups -OCH3 is 2. The van der Waals surface area contributed by atoms with Crippen LogP contribution in [0.25, 0.3) is 0 Å². The van der Waals surface area contributed by atoms with Crippen molar-refractivity contribution >= 4 is 0 Å². The normalized spacial score (nSPS) is 32.2. The van der Waals surface area contributed by atoms with Crippen LogP contribution < -0.4 is 5.32 Å². The topological polar surface area (TPSA) is 30.5 Å². The molecule has 0 aliphatic heterocycles. The van der Waals surface area contributed by atoms with E-state index in [-0.39, 0.29) is 5.60 Å². The minimum absolute atomic E-state index is 0.0135. The van der Waals surface area contributed by atoms with Crippen LogP contribution in [0.15, 0.2) is 0 Å². The summed E-state index contributed by atoms with van der Waals surface area (Å²) >= 11 is 0. The third-order valence-corrected chi connectivity index (χ3v) is 4.62. The summed E-state index contributed by atoms with van der Waals surface area (Å²) in [5.41, 5.74) is 0.0135. The van der Waals surface area contributed by atoms with Crippen molar-refractivity contribution in [1.29, 1.82) is 0 Å². The van der Waals surface area contributed by atoms with Gasteiger partial charge in [-0.1, -0.05) is 26.7 Å². The van der Waals surface area contributed by atoms with E-state index in [9.17, 15) is 0 Å². The largest absolute Gasteiger partial charge is 0.385 e. The van der Waals surface area contributed by atoms with Crippen LogP contribution in [0.3, 0.4) is 0 Å². The highest BCUT2D eigenvalue weighted by molar-refractivity contribution is 4.98. The Labute approximate surface area is 113 Å². The molecule has 0 heterocycles. The van der Waals surface area contributed by atoms with Gasteiger partial charge in [0.25, 0.3) is 0 Å². The van der Waals surface area contributed by atoms with E-state index in [1.165, 1.54) is 25.7 Å². The van der Waals surface area contributed by atoms with Gasteiger partial charge in [-0.05, 0) is 38.1 Å². The van der Waals surface area contributed by atoms with Crippen molar-refractivity contribution in [3.8, 4) is 0 Å². The van der Waals surface area contributed by atoms with Crippen LogP contribution in [0.2, 0.25) is 0 Å². The average Bonchev–Trinajstić information content (AvgIpc) is 2.37. The van der Waals surface area contributed by atoms with Crippen molar-refractivity contribution in [2.24, 2.45) is 11.8 Å². The Morgan fingerprint density at radius 2 is 2.11 bits per heavy atom. The zero-order chi connectivity index (χ0) is 13.6. The van der Waals surface area contributed by atoms with Gasteiger partial charge in [-0.3, -0.25) is 0 Å². The maximum atomic E-state index is 6.00. The van der Waals surface area contributed by atoms with Gasteiger partial charge in [0.05, 0.1) is 5.60 Å². The first-order valence-electron chi connectivity index (χ1n) is 7.31. The SMILES string of the molecule is CNC(C(C)CCOC)C1(OC)CCCC(C)C1. The summed E-state index contributed by atoms with van der Waals surface area (Å²) in [6.07, 6.45) is 6.06. The Morgan fingerprint density at radius 1 is 1.39 bits per heavy atom. The number of hydrogen-bond donors (Lipinski definition) is 1. The highest BCUT2D eigenvalue weighted by atomic mass is 16.5. The molecule has 1 aliphatic carbocycles. The fourth-order valence-electron chi connectivity index (χ4n) is 3.68. The third kappa shape index (κ3) is 3.69. The quantitative estimate of drug-likeness (QED) is 0.761. The molecule has 0 spiro atoms. The Morgan fingerprint density at radius 3 is 2.61 bits per heavy atom. The monoisotopic (exact) mass is 257 g/mol. The smallest absolute Gasteiger partial charge is 0.0836 e. The van der Waals surface area contributed by atoms with Crippen molar-refractivity contribution in [3.63, 3.8) is 0 Å². The summed E-state index contributed by atoms with van der Waals surface area (Å²) in [5.74, 6) is 1.34. The standard InChI is InChI=1S/C15H31NO2/c1-12-7-6-9-15(11-12,18-5)14(16-3)13(2)8-10-17-4/h12-14,16H,6-11H2,1-5H3. The summed E-state index contributed by atoms with van der Waals surface area (Å²) in [6.45, 7) is 5.48. The number of hydrogen-bond acceptors (Lipinski definition) is 3. The van der Waals surface area contributed by atoms with Crippen LogP contribution in [-0.2, 0) is 9.47 Å². The molecule has 1 fully saturated rings. The van der Waals surface area contributed by atoms with Gasteiger partial charge in [0, 0.05) is 26.9 Å². The molecule has 1 saturated carbocycles. The molecule has 1 aliphatic rings. The minimum Gasteiger partial charge on any atom is -0.385 e. The third-order valence-electron chi connectivity index (χ3n) is 4.62. The van der Waals surface area contributed by atoms with Crippen molar-refractivity contribution in [2.75, 3.05) is 27.9 Å². The predicted octanol–water partition coefficient (Wildman–Crippen LogP) is 2.84. The van der Waals surface area contributed by atoms with E-state index in [0.29, 0.717) is 12.0 Å². The molecule has 0 bridgehead atoms. The van der Waals surface area contributed by atoms with E-state index >= 15 is 0 Å². The molecule has 18 heavy (non-hydrogen) atoms. The fourth-order valence-corrected chi connectivity index (χ4v) is 3.68. The van der Waals surface area contributed by atoms with Crippen LogP contribution in [0, 0.1) is 11.8 Å². The van der Waals surface area contributed by atoms with Crippen LogP contribution >= 0.6 is 0 Å². The van der Waals surface area contributed by atoms with Gasteiger partial charge in [-0.25, -0.2) is 0 Å². The van der Waals surface area contributed by atoms with Gasteiger partial charge < -0.3 is 14.8 Å². The molecule has 0 amide bonds. The van der Waals surface area contributed by atoms with Crippen molar-refractivity contribution in [3.05, 3.63) is 0 Å². The Balaban J connectivity index is 2.74. The Bertz CT molecular complexity index is 235. The summed E-state index contributed by atoms with van der Waals surface area (Å²) < 4.78 is 11.2. The number of likely N-dealkylation sites (N-methyl/N-ethyl adjacent to an activating group) is 1. The zero-order valence-corrected chi connectivity index (χ0v) is 12.8. The first-order chi connectivity index (χ1) is 8.59. The van der Waals surface area contributed by atoms with Crippen LogP contribution in [0.4, 0.5) is 0 Å². The maximum Gasteiger partial charge on any atom is 0.0836 e. The second kappa shape index (κ2) is 7.46. The lowest BCUT2D eigenvalue weighted by atomic mass is 9.71. The summed E-state index contributed by atoms with van der Waals surface area (Å²) in [4.78, 5) is 0. The zero-order valence-electron chi connectivity index (χ0n) is 12.8. The summed E-state index contributed by atoms with van der Waals surface area (Å²) in [5, 5.41) is 3.51. The summed E-state index contributed by atoms with van der Waals surface area (Å²) in [7, 11) is 5.72. The van der Waals surface area contributed by atoms with Crippen molar-refractivity contribution in [1.82, 2.24) is 5.32 Å². The van der Waals surface area contributed by atoms with E-state index in [4.69, 9.17) is 9.47 Å². The second-order valence-electron chi connectivity index (χ2n) is 6.00. The first-order valence-corrected chi connectivity index (χ1v) is 7.31. The number of ether oxygens (including phenoxy) is 2. The van der Waals surface area contributed by atoms with E-state index in [1.807, 2.05) is 7.11 Å². The van der Waals surface area contributed by atoms with E-state index in [0.717, 1.165) is 18.9 Å². The van der Waals surface area contributed by atoms with Crippen LogP contribution in [0.5, 0.6) is 0 Å². The molecule has 4 unspecified atom stereocenters. The van der Waals surface area contributed by atoms with E-state index in [1.54, 1.807) is 7.11 Å². The van der Waals surface area contributed by atoms with Gasteiger partial charge in [-0.15, -0.1) is 0 Å². The molecular formula is C15H31NO2. The van der Waals surface area contributed by atoms with Gasteiger partial charge in [-0.2, -0.15) is 0 Å². The van der Waals surface area contributed by atoms with Crippen LogP contribution in [-0.4, -0.2) is 39.5 Å². The molecular weight excluding hydrogens is 226 g/mol. The lowest BCUT2D eigenvalue weighted by Gasteiger charge is -2.46. The van der Waals surface area contributed by atoms with Gasteiger partial charge in [0.2, 0.25) is 0 Å². The van der Waals surface area contributed by atoms with Crippen LogP contribution in [0.1, 0.15) is 46.0 Å². The molecule has 0 aromatic carbocycles. The number of nitrogens with one attached hydrogen (secondary N) is 1. The molecule has 0 radical (unpaired) electrons. The Hall–Kier alpha value is -0.120. The fraction of sp³-hybridized carbons (Fsp3) is 1.00. The average molecular weight is 257 g/mol. The Kier molecular flexibility index (Phi) is 6.61. The van der Waals surface area contributed by atoms with Gasteiger partial charge >= 0.3 is 0 Å². The highest BCUT2D eigenvalue weighted by Crippen LogP contribution is 2.39. The molecule has 3 heteroatoms. The van der Waals surface area contributed by atoms with Gasteiger partial charge in [0.15, 0.2) is 0 Å². The molecule has 1 N–H and O–H groups in total. The lowest BCUT2D eigenvalue weighted by molar-refractivity contribution is -0.0911. The predicted molar refractivity (Wildman–Crippen MR) is 75.9 cm³/mol. The molecule has 1 rings (SSSR count). The maximum absolute atomic E-state index is 6.00. The molecule has 0 saturated heterocycles. The molecule has 3 nitrogen and oxygen atoms in total. The highest BCUT2D eigenvalue weighted by Gasteiger charge is 2.43. The van der Waals surface area contributed by atoms with Crippen molar-refractivity contribution in [2.45, 2.75) is 57.6 Å². The molecule has 108 valence electrons. The van der Waals surface area contributed by atoms with Gasteiger partial charge in [0.1, 0.15) is 0 Å². The first kappa shape index (κ1) is 15.9. The molecule has 0 aromatic rings. The number of rotatable bonds is 7. The van der Waals surface area contributed by atoms with Crippen molar-refractivity contribution < 1.29 is 9.47 Å². The minimum atomic E-state index is 0.0135. The van der Waals surface area contributed by atoms with E-state index in [2.05, 4.69) is 26.2 Å². The molecule has 4 atom stereocenters. The van der Waals surface area contributed by atoms with E-state index < -0.39 is 0 Å². The summed E-state index contributed by atoms with van der Waals surface area (Å²) in [6, 6.07) is 0.417. The second-order valence-corrected chi connectivity index (χ2v) is 6.00. The molecule has 0 aromatic heterocycles. The lowest BCUT2D eigenvalue weighted by Crippen LogP contribution is -2.56.